The van der Waals surface area contributed by atoms with Gasteiger partial charge in [0.05, 0.1) is 0 Å². The topological polar surface area (TPSA) is 12.0 Å². The van der Waals surface area contributed by atoms with E-state index in [0.717, 1.165) is 12.5 Å². The lowest BCUT2D eigenvalue weighted by Gasteiger charge is -2.24. The molecule has 1 nitrogen and oxygen atoms in total. The summed E-state index contributed by atoms with van der Waals surface area (Å²) in [4.78, 5) is 0. The molecular formula is C17H27N. The minimum Gasteiger partial charge on any atom is -0.310 e. The lowest BCUT2D eigenvalue weighted by Crippen LogP contribution is -2.24. The van der Waals surface area contributed by atoms with Crippen LogP contribution < -0.4 is 5.32 Å². The predicted molar refractivity (Wildman–Crippen MR) is 78.8 cm³/mol. The van der Waals surface area contributed by atoms with Gasteiger partial charge < -0.3 is 5.32 Å². The van der Waals surface area contributed by atoms with Gasteiger partial charge in [-0.15, -0.1) is 0 Å². The van der Waals surface area contributed by atoms with E-state index in [1.807, 2.05) is 0 Å². The fraction of sp³-hybridized carbons (Fsp3) is 0.647. The molecule has 1 saturated carbocycles. The largest absolute Gasteiger partial charge is 0.310 e. The SMILES string of the molecule is CCCNC(CC1CCCC1)c1ccccc1C. The highest BCUT2D eigenvalue weighted by Gasteiger charge is 2.21. The molecule has 1 fully saturated rings. The van der Waals surface area contributed by atoms with Gasteiger partial charge in [-0.1, -0.05) is 56.9 Å². The molecule has 0 aliphatic heterocycles. The summed E-state index contributed by atoms with van der Waals surface area (Å²) >= 11 is 0. The third-order valence-electron chi connectivity index (χ3n) is 4.25. The van der Waals surface area contributed by atoms with E-state index >= 15 is 0 Å². The molecule has 1 aliphatic carbocycles. The van der Waals surface area contributed by atoms with Gasteiger partial charge in [0.15, 0.2) is 0 Å². The predicted octanol–water partition coefficient (Wildman–Crippen LogP) is 4.62. The molecule has 1 unspecified atom stereocenters. The van der Waals surface area contributed by atoms with Gasteiger partial charge in [0.25, 0.3) is 0 Å². The van der Waals surface area contributed by atoms with E-state index in [4.69, 9.17) is 0 Å². The van der Waals surface area contributed by atoms with E-state index in [1.54, 1.807) is 0 Å². The molecular weight excluding hydrogens is 218 g/mol. The van der Waals surface area contributed by atoms with E-state index in [1.165, 1.54) is 49.7 Å². The first-order valence-corrected chi connectivity index (χ1v) is 7.60. The minimum atomic E-state index is 0.564. The lowest BCUT2D eigenvalue weighted by molar-refractivity contribution is 0.394. The number of benzene rings is 1. The zero-order valence-corrected chi connectivity index (χ0v) is 11.9. The third-order valence-corrected chi connectivity index (χ3v) is 4.25. The van der Waals surface area contributed by atoms with Crippen LogP contribution in [0.3, 0.4) is 0 Å². The summed E-state index contributed by atoms with van der Waals surface area (Å²) < 4.78 is 0. The first-order valence-electron chi connectivity index (χ1n) is 7.60. The Morgan fingerprint density at radius 1 is 1.22 bits per heavy atom. The summed E-state index contributed by atoms with van der Waals surface area (Å²) in [6.45, 7) is 5.62. The van der Waals surface area contributed by atoms with E-state index in [2.05, 4.69) is 43.4 Å². The van der Waals surface area contributed by atoms with Gasteiger partial charge in [0.2, 0.25) is 0 Å². The average molecular weight is 245 g/mol. The number of hydrogen-bond donors (Lipinski definition) is 1. The maximum atomic E-state index is 3.75. The molecule has 1 atom stereocenters. The van der Waals surface area contributed by atoms with Gasteiger partial charge in [-0.2, -0.15) is 0 Å². The zero-order chi connectivity index (χ0) is 12.8. The molecule has 18 heavy (non-hydrogen) atoms. The summed E-state index contributed by atoms with van der Waals surface area (Å²) in [5.74, 6) is 0.943. The first kappa shape index (κ1) is 13.6. The Hall–Kier alpha value is -0.820. The molecule has 1 aromatic carbocycles. The molecule has 100 valence electrons. The van der Waals surface area contributed by atoms with Crippen molar-refractivity contribution < 1.29 is 0 Å². The van der Waals surface area contributed by atoms with Crippen molar-refractivity contribution in [2.75, 3.05) is 6.54 Å². The van der Waals surface area contributed by atoms with Crippen molar-refractivity contribution in [3.63, 3.8) is 0 Å². The number of hydrogen-bond acceptors (Lipinski definition) is 1. The van der Waals surface area contributed by atoms with Crippen LogP contribution in [-0.2, 0) is 0 Å². The molecule has 0 spiro atoms. The van der Waals surface area contributed by atoms with Gasteiger partial charge >= 0.3 is 0 Å². The molecule has 0 saturated heterocycles. The molecule has 1 aliphatic rings. The van der Waals surface area contributed by atoms with Crippen molar-refractivity contribution in [1.82, 2.24) is 5.32 Å². The van der Waals surface area contributed by atoms with Crippen molar-refractivity contribution in [3.8, 4) is 0 Å². The van der Waals surface area contributed by atoms with Crippen LogP contribution in [0.2, 0.25) is 0 Å². The highest BCUT2D eigenvalue weighted by molar-refractivity contribution is 5.28. The molecule has 1 N–H and O–H groups in total. The highest BCUT2D eigenvalue weighted by atomic mass is 14.9. The fourth-order valence-corrected chi connectivity index (χ4v) is 3.20. The molecule has 0 radical (unpaired) electrons. The molecule has 0 aromatic heterocycles. The number of aryl methyl sites for hydroxylation is 1. The van der Waals surface area contributed by atoms with Crippen molar-refractivity contribution in [2.24, 2.45) is 5.92 Å². The number of rotatable bonds is 6. The number of nitrogens with one attached hydrogen (secondary N) is 1. The second-order valence-corrected chi connectivity index (χ2v) is 5.75. The molecule has 0 amide bonds. The summed E-state index contributed by atoms with van der Waals surface area (Å²) in [6.07, 6.45) is 8.31. The monoisotopic (exact) mass is 245 g/mol. The summed E-state index contributed by atoms with van der Waals surface area (Å²) in [5.41, 5.74) is 2.95. The Kier molecular flexibility index (Phi) is 5.25. The Morgan fingerprint density at radius 3 is 2.61 bits per heavy atom. The Balaban J connectivity index is 2.06. The van der Waals surface area contributed by atoms with Gasteiger partial charge in [0, 0.05) is 6.04 Å². The molecule has 0 bridgehead atoms. The van der Waals surface area contributed by atoms with Crippen LogP contribution in [-0.4, -0.2) is 6.54 Å². The van der Waals surface area contributed by atoms with E-state index < -0.39 is 0 Å². The Bertz CT molecular complexity index is 352. The maximum absolute atomic E-state index is 3.75. The molecule has 1 heteroatoms. The maximum Gasteiger partial charge on any atom is 0.0325 e. The van der Waals surface area contributed by atoms with E-state index in [0.29, 0.717) is 6.04 Å². The van der Waals surface area contributed by atoms with E-state index in [-0.39, 0.29) is 0 Å². The van der Waals surface area contributed by atoms with E-state index in [9.17, 15) is 0 Å². The van der Waals surface area contributed by atoms with Gasteiger partial charge in [0.1, 0.15) is 0 Å². The van der Waals surface area contributed by atoms with Crippen LogP contribution in [0.1, 0.15) is 62.6 Å². The second-order valence-electron chi connectivity index (χ2n) is 5.75. The Morgan fingerprint density at radius 2 is 1.94 bits per heavy atom. The van der Waals surface area contributed by atoms with Crippen molar-refractivity contribution in [2.45, 2.75) is 58.4 Å². The van der Waals surface area contributed by atoms with Crippen molar-refractivity contribution in [1.29, 1.82) is 0 Å². The molecule has 2 rings (SSSR count). The average Bonchev–Trinajstić information content (AvgIpc) is 2.88. The van der Waals surface area contributed by atoms with Crippen molar-refractivity contribution >= 4 is 0 Å². The molecule has 1 aromatic rings. The molecule has 0 heterocycles. The van der Waals surface area contributed by atoms with Crippen LogP contribution in [0.4, 0.5) is 0 Å². The van der Waals surface area contributed by atoms with Gasteiger partial charge in [-0.25, -0.2) is 0 Å². The standard InChI is InChI=1S/C17H27N/c1-3-12-18-17(13-15-9-5-6-10-15)16-11-7-4-8-14(16)2/h4,7-8,11,15,17-18H,3,5-6,9-10,12-13H2,1-2H3. The normalized spacial score (nSPS) is 18.1. The summed E-state index contributed by atoms with van der Waals surface area (Å²) in [7, 11) is 0. The highest BCUT2D eigenvalue weighted by Crippen LogP contribution is 2.33. The fourth-order valence-electron chi connectivity index (χ4n) is 3.20. The second kappa shape index (κ2) is 6.94. The third kappa shape index (κ3) is 3.58. The van der Waals surface area contributed by atoms with Crippen LogP contribution in [0.15, 0.2) is 24.3 Å². The lowest BCUT2D eigenvalue weighted by atomic mass is 9.91. The van der Waals surface area contributed by atoms with Crippen LogP contribution >= 0.6 is 0 Å². The minimum absolute atomic E-state index is 0.564. The van der Waals surface area contributed by atoms with Gasteiger partial charge in [-0.05, 0) is 43.4 Å². The quantitative estimate of drug-likeness (QED) is 0.771. The van der Waals surface area contributed by atoms with Crippen LogP contribution in [0.5, 0.6) is 0 Å². The first-order chi connectivity index (χ1) is 8.81. The van der Waals surface area contributed by atoms with Crippen LogP contribution in [0, 0.1) is 12.8 Å². The van der Waals surface area contributed by atoms with Crippen molar-refractivity contribution in [3.05, 3.63) is 35.4 Å². The summed E-state index contributed by atoms with van der Waals surface area (Å²) in [5, 5.41) is 3.75. The van der Waals surface area contributed by atoms with Gasteiger partial charge in [-0.3, -0.25) is 0 Å². The summed E-state index contributed by atoms with van der Waals surface area (Å²) in [6, 6.07) is 9.43. The Labute approximate surface area is 112 Å². The van der Waals surface area contributed by atoms with Crippen LogP contribution in [0.25, 0.3) is 0 Å². The smallest absolute Gasteiger partial charge is 0.0325 e. The zero-order valence-electron chi connectivity index (χ0n) is 11.9.